The highest BCUT2D eigenvalue weighted by Crippen LogP contribution is 2.24. The molecule has 0 aromatic heterocycles. The zero-order valence-corrected chi connectivity index (χ0v) is 15.5. The van der Waals surface area contributed by atoms with Gasteiger partial charge in [-0.3, -0.25) is 4.79 Å². The van der Waals surface area contributed by atoms with Crippen LogP contribution in [-0.4, -0.2) is 43.6 Å². The van der Waals surface area contributed by atoms with Gasteiger partial charge in [0.2, 0.25) is 5.91 Å². The van der Waals surface area contributed by atoms with E-state index in [1.807, 2.05) is 23.1 Å². The van der Waals surface area contributed by atoms with Gasteiger partial charge in [0.05, 0.1) is 13.5 Å². The smallest absolute Gasteiger partial charge is 0.227 e. The Morgan fingerprint density at radius 3 is 2.86 bits per heavy atom. The number of hydrogen-bond donors (Lipinski definition) is 1. The van der Waals surface area contributed by atoms with Crippen molar-refractivity contribution in [2.24, 2.45) is 0 Å². The molecule has 1 aromatic rings. The van der Waals surface area contributed by atoms with Crippen LogP contribution in [0.3, 0.4) is 0 Å². The average Bonchev–Trinajstić information content (AvgIpc) is 2.98. The first kappa shape index (κ1) is 19.3. The van der Waals surface area contributed by atoms with Crippen molar-refractivity contribution in [3.05, 3.63) is 28.2 Å². The first-order valence-electron chi connectivity index (χ1n) is 7.48. The summed E-state index contributed by atoms with van der Waals surface area (Å²) in [5.74, 6) is 0.953. The molecule has 1 N–H and O–H groups in total. The third-order valence-electron chi connectivity index (χ3n) is 3.84. The molecule has 0 radical (unpaired) electrons. The van der Waals surface area contributed by atoms with Gasteiger partial charge < -0.3 is 15.0 Å². The molecule has 1 fully saturated rings. The second-order valence-corrected chi connectivity index (χ2v) is 6.28. The Hall–Kier alpha value is -0.780. The topological polar surface area (TPSA) is 41.6 Å². The summed E-state index contributed by atoms with van der Waals surface area (Å²) in [6, 6.07) is 6.12. The number of methoxy groups -OCH3 is 1. The van der Waals surface area contributed by atoms with Crippen molar-refractivity contribution in [3.8, 4) is 5.75 Å². The molecule has 4 nitrogen and oxygen atoms in total. The molecule has 124 valence electrons. The maximum Gasteiger partial charge on any atom is 0.227 e. The molecule has 6 heteroatoms. The Kier molecular flexibility index (Phi) is 8.21. The second kappa shape index (κ2) is 9.38. The maximum atomic E-state index is 12.7. The predicted molar refractivity (Wildman–Crippen MR) is 94.9 cm³/mol. The Balaban J connectivity index is 0.00000242. The molecule has 0 aliphatic carbocycles. The largest absolute Gasteiger partial charge is 0.496 e. The molecule has 1 aliphatic rings. The van der Waals surface area contributed by atoms with Crippen molar-refractivity contribution in [2.75, 3.05) is 26.7 Å². The number of rotatable bonds is 6. The van der Waals surface area contributed by atoms with Crippen LogP contribution in [0.2, 0.25) is 0 Å². The Labute approximate surface area is 147 Å². The van der Waals surface area contributed by atoms with Crippen LogP contribution in [0, 0.1) is 0 Å². The summed E-state index contributed by atoms with van der Waals surface area (Å²) >= 11 is 3.46. The summed E-state index contributed by atoms with van der Waals surface area (Å²) in [4.78, 5) is 14.7. The van der Waals surface area contributed by atoms with Gasteiger partial charge in [0.25, 0.3) is 0 Å². The Morgan fingerprint density at radius 1 is 1.50 bits per heavy atom. The first-order chi connectivity index (χ1) is 10.2. The van der Waals surface area contributed by atoms with Gasteiger partial charge >= 0.3 is 0 Å². The lowest BCUT2D eigenvalue weighted by molar-refractivity contribution is -0.132. The number of ether oxygens (including phenoxy) is 1. The van der Waals surface area contributed by atoms with Gasteiger partial charge in [0.15, 0.2) is 0 Å². The van der Waals surface area contributed by atoms with Crippen molar-refractivity contribution in [1.82, 2.24) is 10.2 Å². The Morgan fingerprint density at radius 2 is 2.27 bits per heavy atom. The lowest BCUT2D eigenvalue weighted by Gasteiger charge is -2.28. The van der Waals surface area contributed by atoms with Crippen LogP contribution >= 0.6 is 28.3 Å². The average molecular weight is 392 g/mol. The van der Waals surface area contributed by atoms with E-state index in [1.165, 1.54) is 0 Å². The first-order valence-corrected chi connectivity index (χ1v) is 8.27. The van der Waals surface area contributed by atoms with E-state index in [0.29, 0.717) is 12.5 Å². The molecule has 1 saturated heterocycles. The Bertz CT molecular complexity index is 493. The van der Waals surface area contributed by atoms with Crippen molar-refractivity contribution < 1.29 is 9.53 Å². The molecule has 0 spiro atoms. The lowest BCUT2D eigenvalue weighted by Crippen LogP contribution is -2.42. The molecular weight excluding hydrogens is 368 g/mol. The van der Waals surface area contributed by atoms with Gasteiger partial charge in [-0.15, -0.1) is 12.4 Å². The van der Waals surface area contributed by atoms with E-state index in [9.17, 15) is 4.79 Å². The standard InChI is InChI=1S/C16H23BrN2O2.ClH/c1-3-8-19(14-6-7-18-11-14)16(20)10-12-9-13(17)4-5-15(12)21-2;/h4-5,9,14,18H,3,6-8,10-11H2,1-2H3;1H. The van der Waals surface area contributed by atoms with Gasteiger partial charge in [-0.05, 0) is 37.6 Å². The third-order valence-corrected chi connectivity index (χ3v) is 4.34. The number of hydrogen-bond acceptors (Lipinski definition) is 3. The normalized spacial score (nSPS) is 17.0. The summed E-state index contributed by atoms with van der Waals surface area (Å²) in [5, 5.41) is 3.34. The number of nitrogens with one attached hydrogen (secondary N) is 1. The molecule has 22 heavy (non-hydrogen) atoms. The minimum Gasteiger partial charge on any atom is -0.496 e. The fraction of sp³-hybridized carbons (Fsp3) is 0.562. The summed E-state index contributed by atoms with van der Waals surface area (Å²) in [5.41, 5.74) is 0.934. The predicted octanol–water partition coefficient (Wildman–Crippen LogP) is 3.02. The van der Waals surface area contributed by atoms with Crippen LogP contribution in [0.25, 0.3) is 0 Å². The molecule has 1 amide bonds. The SMILES string of the molecule is CCCN(C(=O)Cc1cc(Br)ccc1OC)C1CCNC1.Cl. The number of nitrogens with zero attached hydrogens (tertiary/aromatic N) is 1. The summed E-state index contributed by atoms with van der Waals surface area (Å²) in [6.45, 7) is 4.84. The molecule has 1 aliphatic heterocycles. The van der Waals surface area contributed by atoms with Gasteiger partial charge in [-0.25, -0.2) is 0 Å². The molecular formula is C16H24BrClN2O2. The molecule has 1 atom stereocenters. The number of halogens is 2. The molecule has 1 unspecified atom stereocenters. The molecule has 1 heterocycles. The number of carbonyl (C=O) groups is 1. The molecule has 0 saturated carbocycles. The summed E-state index contributed by atoms with van der Waals surface area (Å²) < 4.78 is 6.33. The van der Waals surface area contributed by atoms with Gasteiger partial charge in [0.1, 0.15) is 5.75 Å². The van der Waals surface area contributed by atoms with E-state index in [2.05, 4.69) is 28.2 Å². The van der Waals surface area contributed by atoms with Gasteiger partial charge in [-0.1, -0.05) is 22.9 Å². The van der Waals surface area contributed by atoms with Crippen LogP contribution in [0.5, 0.6) is 5.75 Å². The van der Waals surface area contributed by atoms with E-state index < -0.39 is 0 Å². The lowest BCUT2D eigenvalue weighted by atomic mass is 10.1. The van der Waals surface area contributed by atoms with Crippen LogP contribution in [0.4, 0.5) is 0 Å². The second-order valence-electron chi connectivity index (χ2n) is 5.37. The quantitative estimate of drug-likeness (QED) is 0.810. The minimum atomic E-state index is 0. The monoisotopic (exact) mass is 390 g/mol. The van der Waals surface area contributed by atoms with Crippen molar-refractivity contribution in [3.63, 3.8) is 0 Å². The van der Waals surface area contributed by atoms with Crippen molar-refractivity contribution >= 4 is 34.2 Å². The third kappa shape index (κ3) is 4.86. The van der Waals surface area contributed by atoms with Crippen LogP contribution in [-0.2, 0) is 11.2 Å². The van der Waals surface area contributed by atoms with Crippen LogP contribution in [0.15, 0.2) is 22.7 Å². The zero-order valence-electron chi connectivity index (χ0n) is 13.1. The van der Waals surface area contributed by atoms with Crippen molar-refractivity contribution in [2.45, 2.75) is 32.2 Å². The highest BCUT2D eigenvalue weighted by Gasteiger charge is 2.26. The van der Waals surface area contributed by atoms with Gasteiger partial charge in [-0.2, -0.15) is 0 Å². The summed E-state index contributed by atoms with van der Waals surface area (Å²) in [6.07, 6.45) is 2.42. The van der Waals surface area contributed by atoms with E-state index in [1.54, 1.807) is 7.11 Å². The number of benzene rings is 1. The van der Waals surface area contributed by atoms with Gasteiger partial charge in [0, 0.05) is 29.2 Å². The molecule has 2 rings (SSSR count). The minimum absolute atomic E-state index is 0. The fourth-order valence-electron chi connectivity index (χ4n) is 2.81. The highest BCUT2D eigenvalue weighted by atomic mass is 79.9. The molecule has 0 bridgehead atoms. The van der Waals surface area contributed by atoms with E-state index in [-0.39, 0.29) is 18.3 Å². The van der Waals surface area contributed by atoms with E-state index in [0.717, 1.165) is 48.3 Å². The van der Waals surface area contributed by atoms with Crippen molar-refractivity contribution in [1.29, 1.82) is 0 Å². The summed E-state index contributed by atoms with van der Waals surface area (Å²) in [7, 11) is 1.64. The highest BCUT2D eigenvalue weighted by molar-refractivity contribution is 9.10. The van der Waals surface area contributed by atoms with E-state index >= 15 is 0 Å². The van der Waals surface area contributed by atoms with Crippen LogP contribution in [0.1, 0.15) is 25.3 Å². The van der Waals surface area contributed by atoms with E-state index in [4.69, 9.17) is 4.74 Å². The number of carbonyl (C=O) groups excluding carboxylic acids is 1. The maximum absolute atomic E-state index is 12.7. The van der Waals surface area contributed by atoms with Crippen LogP contribution < -0.4 is 10.1 Å². The molecule has 1 aromatic carbocycles. The fourth-order valence-corrected chi connectivity index (χ4v) is 3.22. The number of amides is 1. The zero-order chi connectivity index (χ0) is 15.2.